The molecule has 4 rings (SSSR count). The monoisotopic (exact) mass is 423 g/mol. The van der Waals surface area contributed by atoms with E-state index < -0.39 is 10.0 Å². The van der Waals surface area contributed by atoms with Gasteiger partial charge in [-0.05, 0) is 42.3 Å². The van der Waals surface area contributed by atoms with Crippen LogP contribution in [0.1, 0.15) is 12.8 Å². The third-order valence-electron chi connectivity index (χ3n) is 5.56. The average Bonchev–Trinajstić information content (AvgIpc) is 2.73. The van der Waals surface area contributed by atoms with Crippen molar-refractivity contribution in [3.63, 3.8) is 0 Å². The molecule has 2 aliphatic rings. The first kappa shape index (κ1) is 21.0. The van der Waals surface area contributed by atoms with Crippen LogP contribution < -0.4 is 5.32 Å². The van der Waals surface area contributed by atoms with Gasteiger partial charge in [-0.15, -0.1) is 12.4 Å². The number of hydrogen-bond acceptors (Lipinski definition) is 4. The van der Waals surface area contributed by atoms with E-state index in [1.54, 1.807) is 12.1 Å². The Balaban J connectivity index is 0.00000225. The lowest BCUT2D eigenvalue weighted by Crippen LogP contribution is -2.53. The van der Waals surface area contributed by atoms with Crippen LogP contribution in [-0.2, 0) is 14.8 Å². The molecule has 1 amide bonds. The van der Waals surface area contributed by atoms with Crippen LogP contribution in [0.15, 0.2) is 47.4 Å². The fourth-order valence-electron chi connectivity index (χ4n) is 3.95. The van der Waals surface area contributed by atoms with Gasteiger partial charge in [0.15, 0.2) is 0 Å². The van der Waals surface area contributed by atoms with Gasteiger partial charge in [0.05, 0.1) is 10.8 Å². The first-order valence-corrected chi connectivity index (χ1v) is 11.0. The molecule has 1 atom stereocenters. The minimum Gasteiger partial charge on any atom is -0.340 e. The van der Waals surface area contributed by atoms with Gasteiger partial charge in [-0.1, -0.05) is 30.3 Å². The van der Waals surface area contributed by atoms with E-state index in [0.717, 1.165) is 36.7 Å². The Morgan fingerprint density at radius 1 is 1.00 bits per heavy atom. The van der Waals surface area contributed by atoms with Gasteiger partial charge in [-0.25, -0.2) is 8.42 Å². The standard InChI is InChI=1S/C20H25N3O3S.ClH/c24-20(18-6-3-9-21-15-18)22-10-12-23(13-11-22)27(25,26)19-8-7-16-4-1-2-5-17(16)14-19;/h1-2,4-5,7-8,14,18,21H,3,6,9-13,15H2;1H. The van der Waals surface area contributed by atoms with Crippen LogP contribution in [0.4, 0.5) is 0 Å². The molecule has 152 valence electrons. The smallest absolute Gasteiger partial charge is 0.243 e. The molecule has 0 spiro atoms. The molecule has 1 N–H and O–H groups in total. The summed E-state index contributed by atoms with van der Waals surface area (Å²) in [6.45, 7) is 3.32. The van der Waals surface area contributed by atoms with Gasteiger partial charge in [0, 0.05) is 32.7 Å². The minimum atomic E-state index is -3.54. The highest BCUT2D eigenvalue weighted by molar-refractivity contribution is 7.89. The Labute approximate surface area is 172 Å². The van der Waals surface area contributed by atoms with E-state index >= 15 is 0 Å². The average molecular weight is 424 g/mol. The highest BCUT2D eigenvalue weighted by Crippen LogP contribution is 2.23. The molecule has 0 aliphatic carbocycles. The summed E-state index contributed by atoms with van der Waals surface area (Å²) in [5, 5.41) is 5.21. The Hall–Kier alpha value is -1.67. The van der Waals surface area contributed by atoms with Crippen LogP contribution in [-0.4, -0.2) is 62.8 Å². The molecule has 8 heteroatoms. The van der Waals surface area contributed by atoms with Crippen molar-refractivity contribution in [2.45, 2.75) is 17.7 Å². The summed E-state index contributed by atoms with van der Waals surface area (Å²) in [5.74, 6) is 0.187. The lowest BCUT2D eigenvalue weighted by atomic mass is 9.98. The zero-order chi connectivity index (χ0) is 18.9. The largest absolute Gasteiger partial charge is 0.340 e. The summed E-state index contributed by atoms with van der Waals surface area (Å²) in [6.07, 6.45) is 1.94. The lowest BCUT2D eigenvalue weighted by Gasteiger charge is -2.36. The van der Waals surface area contributed by atoms with Crippen molar-refractivity contribution in [1.29, 1.82) is 0 Å². The number of carbonyl (C=O) groups is 1. The van der Waals surface area contributed by atoms with Crippen LogP contribution in [0.2, 0.25) is 0 Å². The van der Waals surface area contributed by atoms with Crippen molar-refractivity contribution in [2.75, 3.05) is 39.3 Å². The molecule has 2 aliphatic heterocycles. The third kappa shape index (κ3) is 4.17. The number of amides is 1. The SMILES string of the molecule is Cl.O=C(C1CCCNC1)N1CCN(S(=O)(=O)c2ccc3ccccc3c2)CC1. The maximum atomic E-state index is 13.0. The number of fused-ring (bicyclic) bond motifs is 1. The van der Waals surface area contributed by atoms with Gasteiger partial charge in [-0.2, -0.15) is 4.31 Å². The first-order chi connectivity index (χ1) is 13.1. The fraction of sp³-hybridized carbons (Fsp3) is 0.450. The number of sulfonamides is 1. The van der Waals surface area contributed by atoms with E-state index in [-0.39, 0.29) is 24.2 Å². The summed E-state index contributed by atoms with van der Waals surface area (Å²) in [6, 6.07) is 13.0. The number of hydrogen-bond donors (Lipinski definition) is 1. The van der Waals surface area contributed by atoms with Gasteiger partial charge in [-0.3, -0.25) is 4.79 Å². The molecule has 0 radical (unpaired) electrons. The molecule has 0 aromatic heterocycles. The number of benzene rings is 2. The Kier molecular flexibility index (Phi) is 6.60. The van der Waals surface area contributed by atoms with Crippen LogP contribution in [0, 0.1) is 5.92 Å². The maximum Gasteiger partial charge on any atom is 0.243 e. The highest BCUT2D eigenvalue weighted by atomic mass is 35.5. The van der Waals surface area contributed by atoms with Crippen LogP contribution in [0.25, 0.3) is 10.8 Å². The molecule has 0 bridgehead atoms. The van der Waals surface area contributed by atoms with Crippen LogP contribution in [0.5, 0.6) is 0 Å². The quantitative estimate of drug-likeness (QED) is 0.820. The molecular weight excluding hydrogens is 398 g/mol. The van der Waals surface area contributed by atoms with Crippen LogP contribution in [0.3, 0.4) is 0 Å². The van der Waals surface area contributed by atoms with Crippen molar-refractivity contribution in [3.05, 3.63) is 42.5 Å². The molecule has 0 saturated carbocycles. The molecule has 2 fully saturated rings. The second kappa shape index (κ2) is 8.78. The lowest BCUT2D eigenvalue weighted by molar-refractivity contribution is -0.137. The second-order valence-corrected chi connectivity index (χ2v) is 9.22. The number of nitrogens with zero attached hydrogens (tertiary/aromatic N) is 2. The zero-order valence-electron chi connectivity index (χ0n) is 15.7. The van der Waals surface area contributed by atoms with Crippen LogP contribution >= 0.6 is 12.4 Å². The Bertz CT molecular complexity index is 937. The Morgan fingerprint density at radius 3 is 2.39 bits per heavy atom. The number of rotatable bonds is 3. The van der Waals surface area contributed by atoms with Crippen molar-refractivity contribution in [3.8, 4) is 0 Å². The molecule has 28 heavy (non-hydrogen) atoms. The number of carbonyl (C=O) groups excluding carboxylic acids is 1. The molecule has 2 saturated heterocycles. The van der Waals surface area contributed by atoms with Gasteiger partial charge in [0.2, 0.25) is 15.9 Å². The summed E-state index contributed by atoms with van der Waals surface area (Å²) >= 11 is 0. The first-order valence-electron chi connectivity index (χ1n) is 9.54. The second-order valence-electron chi connectivity index (χ2n) is 7.28. The third-order valence-corrected chi connectivity index (χ3v) is 7.45. The number of piperidine rings is 1. The normalized spacial score (nSPS) is 21.3. The van der Waals surface area contributed by atoms with E-state index in [1.807, 2.05) is 35.2 Å². The predicted octanol–water partition coefficient (Wildman–Crippen LogP) is 2.09. The van der Waals surface area contributed by atoms with Gasteiger partial charge in [0.25, 0.3) is 0 Å². The van der Waals surface area contributed by atoms with E-state index in [9.17, 15) is 13.2 Å². The summed E-state index contributed by atoms with van der Waals surface area (Å²) in [4.78, 5) is 14.8. The minimum absolute atomic E-state index is 0. The number of piperazine rings is 1. The zero-order valence-corrected chi connectivity index (χ0v) is 17.3. The van der Waals surface area contributed by atoms with E-state index in [0.29, 0.717) is 31.1 Å². The number of halogens is 1. The summed E-state index contributed by atoms with van der Waals surface area (Å²) < 4.78 is 27.5. The fourth-order valence-corrected chi connectivity index (χ4v) is 5.40. The molecule has 2 aromatic rings. The topological polar surface area (TPSA) is 69.7 Å². The van der Waals surface area contributed by atoms with E-state index in [1.165, 1.54) is 4.31 Å². The van der Waals surface area contributed by atoms with Crippen molar-refractivity contribution >= 4 is 39.1 Å². The number of nitrogens with one attached hydrogen (secondary N) is 1. The van der Waals surface area contributed by atoms with Crippen molar-refractivity contribution < 1.29 is 13.2 Å². The highest BCUT2D eigenvalue weighted by Gasteiger charge is 2.32. The molecular formula is C20H26ClN3O3S. The molecule has 2 aromatic carbocycles. The molecule has 1 unspecified atom stereocenters. The van der Waals surface area contributed by atoms with Gasteiger partial charge >= 0.3 is 0 Å². The molecule has 2 heterocycles. The van der Waals surface area contributed by atoms with E-state index in [4.69, 9.17) is 0 Å². The Morgan fingerprint density at radius 2 is 1.71 bits per heavy atom. The van der Waals surface area contributed by atoms with E-state index in [2.05, 4.69) is 5.32 Å². The summed E-state index contributed by atoms with van der Waals surface area (Å²) in [7, 11) is -3.54. The predicted molar refractivity (Wildman–Crippen MR) is 112 cm³/mol. The van der Waals surface area contributed by atoms with Crippen molar-refractivity contribution in [2.24, 2.45) is 5.92 Å². The van der Waals surface area contributed by atoms with Gasteiger partial charge in [0.1, 0.15) is 0 Å². The maximum absolute atomic E-state index is 13.0. The van der Waals surface area contributed by atoms with Crippen molar-refractivity contribution in [1.82, 2.24) is 14.5 Å². The van der Waals surface area contributed by atoms with Gasteiger partial charge < -0.3 is 10.2 Å². The summed E-state index contributed by atoms with van der Waals surface area (Å²) in [5.41, 5.74) is 0. The molecule has 6 nitrogen and oxygen atoms in total.